The van der Waals surface area contributed by atoms with Crippen LogP contribution < -0.4 is 5.32 Å². The second-order valence-electron chi connectivity index (χ2n) is 3.63. The molecule has 2 aromatic carbocycles. The van der Waals surface area contributed by atoms with Crippen LogP contribution in [0.5, 0.6) is 0 Å². The van der Waals surface area contributed by atoms with Crippen LogP contribution >= 0.6 is 35.8 Å². The van der Waals surface area contributed by atoms with Gasteiger partial charge in [0.25, 0.3) is 5.91 Å². The van der Waals surface area contributed by atoms with Crippen LogP contribution in [0.25, 0.3) is 0 Å². The zero-order valence-corrected chi connectivity index (χ0v) is 11.6. The molecular formula is C13H9Cl2NOS. The lowest BCUT2D eigenvalue weighted by Gasteiger charge is -2.06. The minimum atomic E-state index is -0.207. The molecule has 1 amide bonds. The number of halogens is 2. The van der Waals surface area contributed by atoms with Crippen molar-refractivity contribution in [2.24, 2.45) is 0 Å². The standard InChI is InChI=1S/C13H9Cl2NOS/c14-11-6-3-9(7-12(11)15)16-13(17)8-1-4-10(18)5-2-8/h1-7,18H,(H,16,17). The summed E-state index contributed by atoms with van der Waals surface area (Å²) in [7, 11) is 0. The molecule has 0 aromatic heterocycles. The van der Waals surface area contributed by atoms with Crippen LogP contribution in [-0.4, -0.2) is 5.91 Å². The van der Waals surface area contributed by atoms with Gasteiger partial charge in [0.2, 0.25) is 0 Å². The third-order valence-corrected chi connectivity index (χ3v) is 3.34. The van der Waals surface area contributed by atoms with E-state index in [0.29, 0.717) is 21.3 Å². The Kier molecular flexibility index (Phi) is 4.17. The van der Waals surface area contributed by atoms with Crippen LogP contribution in [0.2, 0.25) is 10.0 Å². The summed E-state index contributed by atoms with van der Waals surface area (Å²) in [5, 5.41) is 3.59. The van der Waals surface area contributed by atoms with Crippen molar-refractivity contribution < 1.29 is 4.79 Å². The van der Waals surface area contributed by atoms with E-state index in [1.807, 2.05) is 0 Å². The van der Waals surface area contributed by atoms with Crippen molar-refractivity contribution in [2.75, 3.05) is 5.32 Å². The van der Waals surface area contributed by atoms with Crippen LogP contribution in [0.3, 0.4) is 0 Å². The Balaban J connectivity index is 2.16. The largest absolute Gasteiger partial charge is 0.322 e. The number of thiol groups is 1. The van der Waals surface area contributed by atoms with Gasteiger partial charge in [-0.05, 0) is 42.5 Å². The Morgan fingerprint density at radius 3 is 2.28 bits per heavy atom. The Labute approximate surface area is 120 Å². The van der Waals surface area contributed by atoms with Crippen molar-refractivity contribution in [2.45, 2.75) is 4.90 Å². The predicted molar refractivity (Wildman–Crippen MR) is 78.1 cm³/mol. The van der Waals surface area contributed by atoms with Gasteiger partial charge >= 0.3 is 0 Å². The molecule has 92 valence electrons. The smallest absolute Gasteiger partial charge is 0.255 e. The summed E-state index contributed by atoms with van der Waals surface area (Å²) < 4.78 is 0. The molecule has 0 aliphatic carbocycles. The molecular weight excluding hydrogens is 289 g/mol. The molecule has 2 rings (SSSR count). The molecule has 0 saturated carbocycles. The number of rotatable bonds is 2. The van der Waals surface area contributed by atoms with E-state index >= 15 is 0 Å². The SMILES string of the molecule is O=C(Nc1ccc(Cl)c(Cl)c1)c1ccc(S)cc1. The summed E-state index contributed by atoms with van der Waals surface area (Å²) in [5.74, 6) is -0.207. The number of nitrogens with one attached hydrogen (secondary N) is 1. The summed E-state index contributed by atoms with van der Waals surface area (Å²) in [6.07, 6.45) is 0. The van der Waals surface area contributed by atoms with Crippen molar-refractivity contribution in [3.63, 3.8) is 0 Å². The quantitative estimate of drug-likeness (QED) is 0.783. The minimum absolute atomic E-state index is 0.207. The van der Waals surface area contributed by atoms with Gasteiger partial charge in [0.15, 0.2) is 0 Å². The molecule has 0 aliphatic heterocycles. The fourth-order valence-electron chi connectivity index (χ4n) is 1.39. The second kappa shape index (κ2) is 5.65. The van der Waals surface area contributed by atoms with Crippen LogP contribution in [-0.2, 0) is 0 Å². The van der Waals surface area contributed by atoms with Gasteiger partial charge in [-0.25, -0.2) is 0 Å². The van der Waals surface area contributed by atoms with E-state index in [1.54, 1.807) is 42.5 Å². The Hall–Kier alpha value is -1.16. The maximum absolute atomic E-state index is 11.9. The number of anilines is 1. The van der Waals surface area contributed by atoms with Crippen molar-refractivity contribution in [3.05, 3.63) is 58.1 Å². The molecule has 5 heteroatoms. The number of benzene rings is 2. The lowest BCUT2D eigenvalue weighted by atomic mass is 10.2. The first-order valence-corrected chi connectivity index (χ1v) is 6.32. The fourth-order valence-corrected chi connectivity index (χ4v) is 1.84. The summed E-state index contributed by atoms with van der Waals surface area (Å²) in [6.45, 7) is 0. The average Bonchev–Trinajstić information content (AvgIpc) is 2.34. The summed E-state index contributed by atoms with van der Waals surface area (Å²) in [4.78, 5) is 12.7. The minimum Gasteiger partial charge on any atom is -0.322 e. The van der Waals surface area contributed by atoms with E-state index in [2.05, 4.69) is 17.9 Å². The van der Waals surface area contributed by atoms with Gasteiger partial charge in [-0.2, -0.15) is 0 Å². The molecule has 0 spiro atoms. The highest BCUT2D eigenvalue weighted by Gasteiger charge is 2.06. The maximum Gasteiger partial charge on any atom is 0.255 e. The highest BCUT2D eigenvalue weighted by molar-refractivity contribution is 7.80. The van der Waals surface area contributed by atoms with Gasteiger partial charge < -0.3 is 5.32 Å². The van der Waals surface area contributed by atoms with E-state index in [0.717, 1.165) is 4.90 Å². The molecule has 0 unspecified atom stereocenters. The zero-order valence-electron chi connectivity index (χ0n) is 9.15. The van der Waals surface area contributed by atoms with E-state index in [4.69, 9.17) is 23.2 Å². The van der Waals surface area contributed by atoms with Gasteiger partial charge in [-0.3, -0.25) is 4.79 Å². The lowest BCUT2D eigenvalue weighted by Crippen LogP contribution is -2.11. The number of amides is 1. The Bertz CT molecular complexity index is 584. The van der Waals surface area contributed by atoms with E-state index in [1.165, 1.54) is 0 Å². The van der Waals surface area contributed by atoms with E-state index in [9.17, 15) is 4.79 Å². The predicted octanol–water partition coefficient (Wildman–Crippen LogP) is 4.53. The van der Waals surface area contributed by atoms with Gasteiger partial charge in [0.1, 0.15) is 0 Å². The molecule has 0 heterocycles. The Morgan fingerprint density at radius 1 is 1.00 bits per heavy atom. The molecule has 2 nitrogen and oxygen atoms in total. The maximum atomic E-state index is 11.9. The van der Waals surface area contributed by atoms with E-state index < -0.39 is 0 Å². The van der Waals surface area contributed by atoms with Crippen LogP contribution in [0.4, 0.5) is 5.69 Å². The first-order valence-electron chi connectivity index (χ1n) is 5.12. The molecule has 0 aliphatic rings. The summed E-state index contributed by atoms with van der Waals surface area (Å²) in [5.41, 5.74) is 1.16. The third kappa shape index (κ3) is 3.19. The molecule has 0 atom stereocenters. The molecule has 0 bridgehead atoms. The second-order valence-corrected chi connectivity index (χ2v) is 4.96. The van der Waals surface area contributed by atoms with Crippen LogP contribution in [0.15, 0.2) is 47.4 Å². The molecule has 0 fully saturated rings. The monoisotopic (exact) mass is 297 g/mol. The van der Waals surface area contributed by atoms with Crippen molar-refractivity contribution in [1.29, 1.82) is 0 Å². The van der Waals surface area contributed by atoms with Gasteiger partial charge in [-0.15, -0.1) is 12.6 Å². The highest BCUT2D eigenvalue weighted by Crippen LogP contribution is 2.25. The first kappa shape index (κ1) is 13.3. The molecule has 0 saturated heterocycles. The van der Waals surface area contributed by atoms with Gasteiger partial charge in [0, 0.05) is 16.1 Å². The van der Waals surface area contributed by atoms with Crippen molar-refractivity contribution in [1.82, 2.24) is 0 Å². The number of carbonyl (C=O) groups excluding carboxylic acids is 1. The molecule has 18 heavy (non-hydrogen) atoms. The summed E-state index contributed by atoms with van der Waals surface area (Å²) in [6, 6.07) is 11.9. The average molecular weight is 298 g/mol. The summed E-state index contributed by atoms with van der Waals surface area (Å²) >= 11 is 15.8. The highest BCUT2D eigenvalue weighted by atomic mass is 35.5. The van der Waals surface area contributed by atoms with E-state index in [-0.39, 0.29) is 5.91 Å². The zero-order chi connectivity index (χ0) is 13.1. The fraction of sp³-hybridized carbons (Fsp3) is 0. The topological polar surface area (TPSA) is 29.1 Å². The first-order chi connectivity index (χ1) is 8.56. The van der Waals surface area contributed by atoms with Crippen molar-refractivity contribution >= 4 is 47.4 Å². The number of carbonyl (C=O) groups is 1. The normalized spacial score (nSPS) is 10.2. The Morgan fingerprint density at radius 2 is 1.67 bits per heavy atom. The number of hydrogen-bond acceptors (Lipinski definition) is 2. The third-order valence-electron chi connectivity index (χ3n) is 2.31. The van der Waals surface area contributed by atoms with Gasteiger partial charge in [0.05, 0.1) is 10.0 Å². The van der Waals surface area contributed by atoms with Gasteiger partial charge in [-0.1, -0.05) is 23.2 Å². The molecule has 1 N–H and O–H groups in total. The van der Waals surface area contributed by atoms with Crippen LogP contribution in [0, 0.1) is 0 Å². The lowest BCUT2D eigenvalue weighted by molar-refractivity contribution is 0.102. The number of hydrogen-bond donors (Lipinski definition) is 2. The van der Waals surface area contributed by atoms with Crippen molar-refractivity contribution in [3.8, 4) is 0 Å². The molecule has 0 radical (unpaired) electrons. The molecule has 2 aromatic rings. The van der Waals surface area contributed by atoms with Crippen LogP contribution in [0.1, 0.15) is 10.4 Å².